The molecule has 0 saturated carbocycles. The van der Waals surface area contributed by atoms with Gasteiger partial charge in [-0.15, -0.1) is 0 Å². The Morgan fingerprint density at radius 2 is 1.58 bits per heavy atom. The van der Waals surface area contributed by atoms with E-state index in [9.17, 15) is 9.59 Å². The van der Waals surface area contributed by atoms with Crippen LogP contribution in [0.3, 0.4) is 0 Å². The Kier molecular flexibility index (Phi) is 5.78. The maximum Gasteiger partial charge on any atom is 0.339 e. The molecule has 24 heavy (non-hydrogen) atoms. The molecule has 0 heterocycles. The van der Waals surface area contributed by atoms with Crippen molar-refractivity contribution < 1.29 is 23.8 Å². The Morgan fingerprint density at radius 1 is 0.958 bits per heavy atom. The minimum absolute atomic E-state index is 0.282. The highest BCUT2D eigenvalue weighted by Gasteiger charge is 2.18. The molecule has 0 saturated heterocycles. The summed E-state index contributed by atoms with van der Waals surface area (Å²) in [7, 11) is 2.86. The molecular weight excluding hydrogens is 310 g/mol. The van der Waals surface area contributed by atoms with E-state index in [2.05, 4.69) is 5.32 Å². The van der Waals surface area contributed by atoms with Gasteiger partial charge in [0.05, 0.1) is 25.5 Å². The van der Waals surface area contributed by atoms with Crippen molar-refractivity contribution in [3.05, 3.63) is 54.1 Å². The zero-order valence-corrected chi connectivity index (χ0v) is 13.7. The molecule has 0 aliphatic rings. The summed E-state index contributed by atoms with van der Waals surface area (Å²) in [6.45, 7) is 1.63. The molecule has 0 spiro atoms. The smallest absolute Gasteiger partial charge is 0.339 e. The fourth-order valence-corrected chi connectivity index (χ4v) is 2.03. The predicted molar refractivity (Wildman–Crippen MR) is 89.5 cm³/mol. The largest absolute Gasteiger partial charge is 0.497 e. The third-order valence-corrected chi connectivity index (χ3v) is 3.33. The topological polar surface area (TPSA) is 73.9 Å². The van der Waals surface area contributed by atoms with Gasteiger partial charge < -0.3 is 19.5 Å². The number of esters is 1. The summed E-state index contributed by atoms with van der Waals surface area (Å²) < 4.78 is 15.4. The Bertz CT molecular complexity index is 712. The molecule has 0 aliphatic heterocycles. The normalized spacial score (nSPS) is 11.3. The van der Waals surface area contributed by atoms with Crippen LogP contribution < -0.4 is 14.8 Å². The highest BCUT2D eigenvalue weighted by Crippen LogP contribution is 2.20. The van der Waals surface area contributed by atoms with Crippen LogP contribution in [0.5, 0.6) is 11.5 Å². The van der Waals surface area contributed by atoms with E-state index in [0.717, 1.165) is 0 Å². The van der Waals surface area contributed by atoms with Crippen LogP contribution in [0, 0.1) is 0 Å². The molecule has 2 aromatic rings. The second-order valence-electron chi connectivity index (χ2n) is 4.96. The Hall–Kier alpha value is -3.02. The summed E-state index contributed by atoms with van der Waals surface area (Å²) in [5, 5.41) is 2.68. The molecule has 1 atom stereocenters. The van der Waals surface area contributed by atoms with Gasteiger partial charge in [0.1, 0.15) is 11.5 Å². The standard InChI is InChI=1S/C18H19NO5/c1-12(24-14-10-8-13(22-2)9-11-14)17(20)19-16-7-5-4-6-15(16)18(21)23-3/h4-12H,1-3H3,(H,19,20)/t12-/m0/s1. The van der Waals surface area contributed by atoms with Gasteiger partial charge in [0.15, 0.2) is 6.10 Å². The first-order valence-corrected chi connectivity index (χ1v) is 7.34. The fraction of sp³-hybridized carbons (Fsp3) is 0.222. The lowest BCUT2D eigenvalue weighted by molar-refractivity contribution is -0.122. The van der Waals surface area contributed by atoms with Crippen LogP contribution >= 0.6 is 0 Å². The predicted octanol–water partition coefficient (Wildman–Crippen LogP) is 2.89. The zero-order chi connectivity index (χ0) is 17.5. The van der Waals surface area contributed by atoms with Crippen molar-refractivity contribution in [1.29, 1.82) is 0 Å². The van der Waals surface area contributed by atoms with Crippen LogP contribution in [-0.4, -0.2) is 32.2 Å². The van der Waals surface area contributed by atoms with Crippen molar-refractivity contribution in [2.45, 2.75) is 13.0 Å². The number of carbonyl (C=O) groups is 2. The Balaban J connectivity index is 2.05. The molecule has 2 rings (SSSR count). The highest BCUT2D eigenvalue weighted by atomic mass is 16.5. The van der Waals surface area contributed by atoms with Crippen molar-refractivity contribution in [3.63, 3.8) is 0 Å². The molecule has 0 unspecified atom stereocenters. The van der Waals surface area contributed by atoms with E-state index in [1.165, 1.54) is 7.11 Å². The van der Waals surface area contributed by atoms with Crippen molar-refractivity contribution in [2.24, 2.45) is 0 Å². The minimum atomic E-state index is -0.746. The van der Waals surface area contributed by atoms with Crippen LogP contribution in [0.1, 0.15) is 17.3 Å². The summed E-state index contributed by atoms with van der Waals surface area (Å²) in [6.07, 6.45) is -0.746. The number of nitrogens with one attached hydrogen (secondary N) is 1. The molecule has 1 N–H and O–H groups in total. The van der Waals surface area contributed by atoms with Crippen molar-refractivity contribution in [1.82, 2.24) is 0 Å². The van der Waals surface area contributed by atoms with E-state index >= 15 is 0 Å². The number of ether oxygens (including phenoxy) is 3. The maximum atomic E-state index is 12.3. The summed E-state index contributed by atoms with van der Waals surface area (Å²) >= 11 is 0. The molecule has 2 aromatic carbocycles. The number of hydrogen-bond acceptors (Lipinski definition) is 5. The number of hydrogen-bond donors (Lipinski definition) is 1. The van der Waals surface area contributed by atoms with E-state index in [-0.39, 0.29) is 11.5 Å². The van der Waals surface area contributed by atoms with Crippen LogP contribution in [0.4, 0.5) is 5.69 Å². The second-order valence-corrected chi connectivity index (χ2v) is 4.96. The average Bonchev–Trinajstić information content (AvgIpc) is 2.62. The van der Waals surface area contributed by atoms with Gasteiger partial charge >= 0.3 is 5.97 Å². The molecular formula is C18H19NO5. The molecule has 0 fully saturated rings. The zero-order valence-electron chi connectivity index (χ0n) is 13.7. The molecule has 0 bridgehead atoms. The van der Waals surface area contributed by atoms with Crippen LogP contribution in [-0.2, 0) is 9.53 Å². The quantitative estimate of drug-likeness (QED) is 0.825. The monoisotopic (exact) mass is 329 g/mol. The summed E-state index contributed by atoms with van der Waals surface area (Å²) in [4.78, 5) is 24.0. The second kappa shape index (κ2) is 8.01. The van der Waals surface area contributed by atoms with Gasteiger partial charge in [0.2, 0.25) is 0 Å². The maximum absolute atomic E-state index is 12.3. The minimum Gasteiger partial charge on any atom is -0.497 e. The third-order valence-electron chi connectivity index (χ3n) is 3.33. The number of carbonyl (C=O) groups excluding carboxylic acids is 2. The first-order chi connectivity index (χ1) is 11.5. The van der Waals surface area contributed by atoms with Gasteiger partial charge in [0, 0.05) is 0 Å². The number of anilines is 1. The fourth-order valence-electron chi connectivity index (χ4n) is 2.03. The number of rotatable bonds is 6. The van der Waals surface area contributed by atoms with Crippen LogP contribution in [0.15, 0.2) is 48.5 Å². The van der Waals surface area contributed by atoms with E-state index in [4.69, 9.17) is 14.2 Å². The van der Waals surface area contributed by atoms with Gasteiger partial charge in [-0.2, -0.15) is 0 Å². The molecule has 1 amide bonds. The third kappa shape index (κ3) is 4.25. The lowest BCUT2D eigenvalue weighted by Crippen LogP contribution is -2.30. The lowest BCUT2D eigenvalue weighted by Gasteiger charge is -2.16. The summed E-state index contributed by atoms with van der Waals surface area (Å²) in [5.74, 6) is 0.350. The van der Waals surface area contributed by atoms with Crippen LogP contribution in [0.25, 0.3) is 0 Å². The Morgan fingerprint density at radius 3 is 2.21 bits per heavy atom. The average molecular weight is 329 g/mol. The number of para-hydroxylation sites is 1. The van der Waals surface area contributed by atoms with Crippen molar-refractivity contribution in [2.75, 3.05) is 19.5 Å². The van der Waals surface area contributed by atoms with Crippen LogP contribution in [0.2, 0.25) is 0 Å². The molecule has 0 aliphatic carbocycles. The van der Waals surface area contributed by atoms with E-state index in [0.29, 0.717) is 17.2 Å². The number of amides is 1. The first-order valence-electron chi connectivity index (χ1n) is 7.34. The summed E-state index contributed by atoms with van der Waals surface area (Å²) in [5.41, 5.74) is 0.657. The van der Waals surface area contributed by atoms with E-state index in [1.807, 2.05) is 0 Å². The molecule has 6 nitrogen and oxygen atoms in total. The lowest BCUT2D eigenvalue weighted by atomic mass is 10.1. The first kappa shape index (κ1) is 17.3. The van der Waals surface area contributed by atoms with E-state index < -0.39 is 12.1 Å². The van der Waals surface area contributed by atoms with Gasteiger partial charge in [0.25, 0.3) is 5.91 Å². The van der Waals surface area contributed by atoms with Crippen molar-refractivity contribution >= 4 is 17.6 Å². The van der Waals surface area contributed by atoms with Gasteiger partial charge in [-0.3, -0.25) is 4.79 Å². The van der Waals surface area contributed by atoms with Gasteiger partial charge in [-0.25, -0.2) is 4.79 Å². The highest BCUT2D eigenvalue weighted by molar-refractivity contribution is 6.02. The van der Waals surface area contributed by atoms with Gasteiger partial charge in [-0.1, -0.05) is 12.1 Å². The molecule has 0 radical (unpaired) electrons. The van der Waals surface area contributed by atoms with E-state index in [1.54, 1.807) is 62.6 Å². The Labute approximate surface area is 140 Å². The molecule has 6 heteroatoms. The van der Waals surface area contributed by atoms with Crippen molar-refractivity contribution in [3.8, 4) is 11.5 Å². The molecule has 0 aromatic heterocycles. The number of methoxy groups -OCH3 is 2. The molecule has 126 valence electrons. The SMILES string of the molecule is COC(=O)c1ccccc1NC(=O)[C@H](C)Oc1ccc(OC)cc1. The number of benzene rings is 2. The van der Waals surface area contributed by atoms with Gasteiger partial charge in [-0.05, 0) is 43.3 Å². The summed E-state index contributed by atoms with van der Waals surface area (Å²) in [6, 6.07) is 13.5.